The van der Waals surface area contributed by atoms with E-state index in [0.29, 0.717) is 30.4 Å². The van der Waals surface area contributed by atoms with Gasteiger partial charge >= 0.3 is 0 Å². The van der Waals surface area contributed by atoms with Crippen molar-refractivity contribution in [1.29, 1.82) is 0 Å². The third-order valence-electron chi connectivity index (χ3n) is 2.89. The summed E-state index contributed by atoms with van der Waals surface area (Å²) in [5.74, 6) is -0.143. The van der Waals surface area contributed by atoms with Crippen molar-refractivity contribution < 1.29 is 9.53 Å². The van der Waals surface area contributed by atoms with E-state index in [2.05, 4.69) is 24.5 Å². The second kappa shape index (κ2) is 7.63. The summed E-state index contributed by atoms with van der Waals surface area (Å²) in [5.41, 5.74) is 7.70. The largest absolute Gasteiger partial charge is 0.399 e. The molecule has 0 aromatic heterocycles. The summed E-state index contributed by atoms with van der Waals surface area (Å²) in [5, 5.41) is 6.11. The molecule has 0 fully saturated rings. The van der Waals surface area contributed by atoms with Crippen LogP contribution in [-0.2, 0) is 4.74 Å². The lowest BCUT2D eigenvalue weighted by molar-refractivity contribution is 0.0938. The number of ether oxygens (including phenoxy) is 1. The van der Waals surface area contributed by atoms with Crippen LogP contribution in [0, 0.1) is 0 Å². The van der Waals surface area contributed by atoms with Gasteiger partial charge in [-0.3, -0.25) is 4.79 Å². The van der Waals surface area contributed by atoms with Gasteiger partial charge in [-0.2, -0.15) is 0 Å². The topological polar surface area (TPSA) is 76.4 Å². The Morgan fingerprint density at radius 2 is 2.21 bits per heavy atom. The van der Waals surface area contributed by atoms with Crippen molar-refractivity contribution in [2.45, 2.75) is 26.3 Å². The molecular formula is C14H23N3O2. The summed E-state index contributed by atoms with van der Waals surface area (Å²) in [7, 11) is 1.60. The predicted octanol–water partition coefficient (Wildman–Crippen LogP) is 1.86. The van der Waals surface area contributed by atoms with E-state index in [9.17, 15) is 4.79 Å². The zero-order valence-corrected chi connectivity index (χ0v) is 11.8. The number of rotatable bonds is 7. The molecule has 5 nitrogen and oxygen atoms in total. The van der Waals surface area contributed by atoms with Gasteiger partial charge in [0.1, 0.15) is 0 Å². The number of benzene rings is 1. The average Bonchev–Trinajstić information content (AvgIpc) is 2.40. The van der Waals surface area contributed by atoms with Gasteiger partial charge in [0.25, 0.3) is 5.91 Å². The first-order valence-corrected chi connectivity index (χ1v) is 6.51. The molecule has 106 valence electrons. The first kappa shape index (κ1) is 15.3. The van der Waals surface area contributed by atoms with Crippen LogP contribution in [0.2, 0.25) is 0 Å². The molecule has 0 aliphatic carbocycles. The SMILES string of the molecule is CC[C@@H](C)Nc1ccc(N)cc1C(=O)NCCOC. The van der Waals surface area contributed by atoms with E-state index in [4.69, 9.17) is 10.5 Å². The van der Waals surface area contributed by atoms with Gasteiger partial charge in [-0.05, 0) is 31.5 Å². The van der Waals surface area contributed by atoms with Gasteiger partial charge in [-0.1, -0.05) is 6.92 Å². The molecule has 0 spiro atoms. The number of carbonyl (C=O) groups is 1. The van der Waals surface area contributed by atoms with Crippen molar-refractivity contribution in [3.05, 3.63) is 23.8 Å². The van der Waals surface area contributed by atoms with E-state index in [1.165, 1.54) is 0 Å². The fourth-order valence-corrected chi connectivity index (χ4v) is 1.60. The maximum atomic E-state index is 12.1. The number of nitrogens with one attached hydrogen (secondary N) is 2. The van der Waals surface area contributed by atoms with Gasteiger partial charge in [0.2, 0.25) is 0 Å². The van der Waals surface area contributed by atoms with Crippen molar-refractivity contribution in [3.8, 4) is 0 Å². The van der Waals surface area contributed by atoms with Crippen molar-refractivity contribution in [3.63, 3.8) is 0 Å². The molecule has 0 saturated carbocycles. The van der Waals surface area contributed by atoms with E-state index >= 15 is 0 Å². The van der Waals surface area contributed by atoms with Crippen LogP contribution in [0.4, 0.5) is 11.4 Å². The molecule has 19 heavy (non-hydrogen) atoms. The molecule has 1 amide bonds. The lowest BCUT2D eigenvalue weighted by Crippen LogP contribution is -2.28. The van der Waals surface area contributed by atoms with Crippen LogP contribution in [0.3, 0.4) is 0 Å². The number of nitrogens with two attached hydrogens (primary N) is 1. The average molecular weight is 265 g/mol. The maximum Gasteiger partial charge on any atom is 0.253 e. The van der Waals surface area contributed by atoms with Crippen molar-refractivity contribution >= 4 is 17.3 Å². The quantitative estimate of drug-likeness (QED) is 0.519. The molecule has 1 aromatic carbocycles. The van der Waals surface area contributed by atoms with Crippen LogP contribution in [0.25, 0.3) is 0 Å². The molecule has 4 N–H and O–H groups in total. The van der Waals surface area contributed by atoms with Gasteiger partial charge in [0.05, 0.1) is 12.2 Å². The Bertz CT molecular complexity index is 421. The highest BCUT2D eigenvalue weighted by Crippen LogP contribution is 2.20. The highest BCUT2D eigenvalue weighted by molar-refractivity contribution is 6.00. The second-order valence-electron chi connectivity index (χ2n) is 4.51. The third kappa shape index (κ3) is 4.79. The Morgan fingerprint density at radius 3 is 2.84 bits per heavy atom. The van der Waals surface area contributed by atoms with Gasteiger partial charge in [-0.15, -0.1) is 0 Å². The molecule has 0 bridgehead atoms. The van der Waals surface area contributed by atoms with E-state index in [-0.39, 0.29) is 5.91 Å². The normalized spacial score (nSPS) is 11.9. The molecule has 0 unspecified atom stereocenters. The minimum atomic E-state index is -0.143. The molecule has 1 atom stereocenters. The van der Waals surface area contributed by atoms with Gasteiger partial charge < -0.3 is 21.1 Å². The van der Waals surface area contributed by atoms with Crippen LogP contribution < -0.4 is 16.4 Å². The maximum absolute atomic E-state index is 12.1. The van der Waals surface area contributed by atoms with Gasteiger partial charge in [0.15, 0.2) is 0 Å². The Labute approximate surface area is 114 Å². The first-order valence-electron chi connectivity index (χ1n) is 6.51. The number of anilines is 2. The minimum absolute atomic E-state index is 0.143. The van der Waals surface area contributed by atoms with Gasteiger partial charge in [0, 0.05) is 31.1 Å². The second-order valence-corrected chi connectivity index (χ2v) is 4.51. The van der Waals surface area contributed by atoms with Crippen LogP contribution in [0.15, 0.2) is 18.2 Å². The van der Waals surface area contributed by atoms with Crippen LogP contribution >= 0.6 is 0 Å². The first-order chi connectivity index (χ1) is 9.08. The summed E-state index contributed by atoms with van der Waals surface area (Å²) in [6.07, 6.45) is 0.981. The lowest BCUT2D eigenvalue weighted by atomic mass is 10.1. The van der Waals surface area contributed by atoms with Crippen LogP contribution in [-0.4, -0.2) is 32.2 Å². The van der Waals surface area contributed by atoms with E-state index < -0.39 is 0 Å². The molecule has 1 rings (SSSR count). The van der Waals surface area contributed by atoms with E-state index in [1.54, 1.807) is 19.2 Å². The molecule has 0 aliphatic rings. The van der Waals surface area contributed by atoms with Gasteiger partial charge in [-0.25, -0.2) is 0 Å². The number of methoxy groups -OCH3 is 1. The zero-order valence-electron chi connectivity index (χ0n) is 11.8. The summed E-state index contributed by atoms with van der Waals surface area (Å²) >= 11 is 0. The van der Waals surface area contributed by atoms with Crippen molar-refractivity contribution in [1.82, 2.24) is 5.32 Å². The number of nitrogen functional groups attached to an aromatic ring is 1. The Kier molecular flexibility index (Phi) is 6.15. The highest BCUT2D eigenvalue weighted by atomic mass is 16.5. The predicted molar refractivity (Wildman–Crippen MR) is 78.4 cm³/mol. The number of carbonyl (C=O) groups excluding carboxylic acids is 1. The highest BCUT2D eigenvalue weighted by Gasteiger charge is 2.12. The fraction of sp³-hybridized carbons (Fsp3) is 0.500. The lowest BCUT2D eigenvalue weighted by Gasteiger charge is -2.17. The molecule has 1 aromatic rings. The standard InChI is InChI=1S/C14H23N3O2/c1-4-10(2)17-13-6-5-11(15)9-12(13)14(18)16-7-8-19-3/h5-6,9-10,17H,4,7-8,15H2,1-3H3,(H,16,18)/t10-/m1/s1. The van der Waals surface area contributed by atoms with E-state index in [1.807, 2.05) is 6.07 Å². The third-order valence-corrected chi connectivity index (χ3v) is 2.89. The Balaban J connectivity index is 2.84. The number of hydrogen-bond acceptors (Lipinski definition) is 4. The monoisotopic (exact) mass is 265 g/mol. The summed E-state index contributed by atoms with van der Waals surface area (Å²) in [6.45, 7) is 5.13. The molecule has 0 radical (unpaired) electrons. The summed E-state index contributed by atoms with van der Waals surface area (Å²) in [6, 6.07) is 5.62. The fourth-order valence-electron chi connectivity index (χ4n) is 1.60. The molecule has 0 heterocycles. The summed E-state index contributed by atoms with van der Waals surface area (Å²) in [4.78, 5) is 12.1. The van der Waals surface area contributed by atoms with Crippen LogP contribution in [0.1, 0.15) is 30.6 Å². The Hall–Kier alpha value is -1.75. The van der Waals surface area contributed by atoms with Crippen molar-refractivity contribution in [2.24, 2.45) is 0 Å². The number of hydrogen-bond donors (Lipinski definition) is 3. The smallest absolute Gasteiger partial charge is 0.253 e. The van der Waals surface area contributed by atoms with E-state index in [0.717, 1.165) is 12.1 Å². The summed E-state index contributed by atoms with van der Waals surface area (Å²) < 4.78 is 4.91. The van der Waals surface area contributed by atoms with Crippen LogP contribution in [0.5, 0.6) is 0 Å². The Morgan fingerprint density at radius 1 is 1.47 bits per heavy atom. The zero-order chi connectivity index (χ0) is 14.3. The molecule has 0 saturated heterocycles. The molecule has 0 aliphatic heterocycles. The van der Waals surface area contributed by atoms with Crippen molar-refractivity contribution in [2.75, 3.05) is 31.3 Å². The minimum Gasteiger partial charge on any atom is -0.399 e. The number of amides is 1. The molecule has 5 heteroatoms. The molecular weight excluding hydrogens is 242 g/mol.